The van der Waals surface area contributed by atoms with Crippen LogP contribution in [0.1, 0.15) is 32.8 Å². The molecule has 2 rings (SSSR count). The van der Waals surface area contributed by atoms with E-state index < -0.39 is 5.54 Å². The molecular formula is C17H25Cl3N2O2. The van der Waals surface area contributed by atoms with Crippen LogP contribution in [0.25, 0.3) is 0 Å². The van der Waals surface area contributed by atoms with Gasteiger partial charge in [0.05, 0.1) is 16.1 Å². The van der Waals surface area contributed by atoms with Crippen LogP contribution in [0.4, 0.5) is 0 Å². The van der Waals surface area contributed by atoms with Crippen molar-refractivity contribution in [2.24, 2.45) is 11.1 Å². The maximum Gasteiger partial charge on any atom is 0.240 e. The zero-order chi connectivity index (χ0) is 17.3. The molecule has 1 aromatic carbocycles. The minimum atomic E-state index is -0.898. The molecule has 0 spiro atoms. The van der Waals surface area contributed by atoms with Crippen LogP contribution in [0.5, 0.6) is 0 Å². The van der Waals surface area contributed by atoms with Gasteiger partial charge in [-0.1, -0.05) is 49.2 Å². The van der Waals surface area contributed by atoms with Gasteiger partial charge >= 0.3 is 0 Å². The summed E-state index contributed by atoms with van der Waals surface area (Å²) in [5.41, 5.74) is 5.96. The van der Waals surface area contributed by atoms with Crippen molar-refractivity contribution in [1.82, 2.24) is 5.32 Å². The van der Waals surface area contributed by atoms with Gasteiger partial charge in [0.25, 0.3) is 0 Å². The van der Waals surface area contributed by atoms with Gasteiger partial charge in [-0.15, -0.1) is 12.4 Å². The summed E-state index contributed by atoms with van der Waals surface area (Å²) in [7, 11) is 0. The second kappa shape index (κ2) is 8.24. The molecule has 1 saturated carbocycles. The Kier molecular flexibility index (Phi) is 7.39. The number of nitrogens with one attached hydrogen (secondary N) is 1. The van der Waals surface area contributed by atoms with Crippen molar-refractivity contribution in [2.45, 2.75) is 45.3 Å². The number of hydrogen-bond acceptors (Lipinski definition) is 3. The summed E-state index contributed by atoms with van der Waals surface area (Å²) in [5.74, 6) is -0.142. The van der Waals surface area contributed by atoms with Gasteiger partial charge in [-0.3, -0.25) is 4.79 Å². The molecule has 0 heterocycles. The summed E-state index contributed by atoms with van der Waals surface area (Å²) in [6, 6.07) is 5.49. The minimum absolute atomic E-state index is 0. The van der Waals surface area contributed by atoms with Crippen LogP contribution < -0.4 is 11.1 Å². The van der Waals surface area contributed by atoms with E-state index in [2.05, 4.69) is 5.32 Å². The molecule has 0 bridgehead atoms. The highest BCUT2D eigenvalue weighted by molar-refractivity contribution is 6.42. The minimum Gasteiger partial charge on any atom is -0.378 e. The highest BCUT2D eigenvalue weighted by Crippen LogP contribution is 2.49. The number of rotatable bonds is 6. The smallest absolute Gasteiger partial charge is 0.240 e. The van der Waals surface area contributed by atoms with E-state index in [1.165, 1.54) is 0 Å². The number of ether oxygens (including phenoxy) is 1. The second-order valence-electron chi connectivity index (χ2n) is 6.56. The van der Waals surface area contributed by atoms with Crippen LogP contribution in [-0.2, 0) is 16.0 Å². The van der Waals surface area contributed by atoms with Crippen LogP contribution in [0.15, 0.2) is 18.2 Å². The van der Waals surface area contributed by atoms with Crippen molar-refractivity contribution in [1.29, 1.82) is 0 Å². The van der Waals surface area contributed by atoms with Crippen LogP contribution >= 0.6 is 35.6 Å². The lowest BCUT2D eigenvalue weighted by atomic mass is 9.54. The number of carbonyl (C=O) groups is 1. The number of carbonyl (C=O) groups excluding carboxylic acids is 1. The molecule has 2 atom stereocenters. The van der Waals surface area contributed by atoms with Crippen LogP contribution in [-0.4, -0.2) is 30.7 Å². The Labute approximate surface area is 159 Å². The van der Waals surface area contributed by atoms with E-state index in [1.807, 2.05) is 32.9 Å². The van der Waals surface area contributed by atoms with E-state index >= 15 is 0 Å². The molecule has 1 fully saturated rings. The van der Waals surface area contributed by atoms with Gasteiger partial charge in [-0.05, 0) is 25.0 Å². The molecule has 1 aliphatic rings. The van der Waals surface area contributed by atoms with E-state index in [9.17, 15) is 4.79 Å². The third-order valence-electron chi connectivity index (χ3n) is 4.95. The van der Waals surface area contributed by atoms with Crippen molar-refractivity contribution >= 4 is 41.5 Å². The van der Waals surface area contributed by atoms with Gasteiger partial charge in [0.1, 0.15) is 5.54 Å². The SMILES string of the molecule is CCOC1CC(N)(C(=O)NCCc2cccc(Cl)c2Cl)C1(C)C.Cl. The number of benzene rings is 1. The van der Waals surface area contributed by atoms with Crippen LogP contribution in [0.2, 0.25) is 10.0 Å². The molecule has 1 aromatic rings. The third kappa shape index (κ3) is 3.83. The number of nitrogens with two attached hydrogens (primary N) is 1. The van der Waals surface area contributed by atoms with E-state index in [1.54, 1.807) is 6.07 Å². The van der Waals surface area contributed by atoms with Crippen molar-refractivity contribution in [3.63, 3.8) is 0 Å². The largest absolute Gasteiger partial charge is 0.378 e. The first-order valence-corrected chi connectivity index (χ1v) is 8.61. The molecule has 0 saturated heterocycles. The zero-order valence-electron chi connectivity index (χ0n) is 14.2. The van der Waals surface area contributed by atoms with Gasteiger partial charge in [0, 0.05) is 25.0 Å². The Morgan fingerprint density at radius 1 is 1.42 bits per heavy atom. The average molecular weight is 396 g/mol. The fraction of sp³-hybridized carbons (Fsp3) is 0.588. The molecule has 24 heavy (non-hydrogen) atoms. The van der Waals surface area contributed by atoms with Gasteiger partial charge < -0.3 is 15.8 Å². The first-order valence-electron chi connectivity index (χ1n) is 7.85. The lowest BCUT2D eigenvalue weighted by molar-refractivity contribution is -0.170. The van der Waals surface area contributed by atoms with E-state index in [0.717, 1.165) is 5.56 Å². The standard InChI is InChI=1S/C17H24Cl2N2O2.ClH/c1-4-23-13-10-17(20,16(13,2)3)15(22)21-9-8-11-6-5-7-12(18)14(11)19;/h5-7,13H,4,8-10,20H2,1-3H3,(H,21,22);1H. The predicted molar refractivity (Wildman–Crippen MR) is 101 cm³/mol. The van der Waals surface area contributed by atoms with Gasteiger partial charge in [0.15, 0.2) is 0 Å². The van der Waals surface area contributed by atoms with Crippen LogP contribution in [0, 0.1) is 5.41 Å². The van der Waals surface area contributed by atoms with E-state index in [4.69, 9.17) is 33.7 Å². The summed E-state index contributed by atoms with van der Waals surface area (Å²) in [5, 5.41) is 3.97. The van der Waals surface area contributed by atoms with Crippen molar-refractivity contribution in [2.75, 3.05) is 13.2 Å². The lowest BCUT2D eigenvalue weighted by Gasteiger charge is -2.57. The zero-order valence-corrected chi connectivity index (χ0v) is 16.5. The predicted octanol–water partition coefficient (Wildman–Crippen LogP) is 3.61. The molecule has 2 unspecified atom stereocenters. The third-order valence-corrected chi connectivity index (χ3v) is 5.80. The Morgan fingerprint density at radius 2 is 2.08 bits per heavy atom. The highest BCUT2D eigenvalue weighted by atomic mass is 35.5. The van der Waals surface area contributed by atoms with Crippen molar-refractivity contribution in [3.05, 3.63) is 33.8 Å². The Bertz CT molecular complexity index is 595. The van der Waals surface area contributed by atoms with Gasteiger partial charge in [0.2, 0.25) is 5.91 Å². The number of halogens is 3. The second-order valence-corrected chi connectivity index (χ2v) is 7.35. The van der Waals surface area contributed by atoms with Crippen molar-refractivity contribution < 1.29 is 9.53 Å². The maximum atomic E-state index is 12.5. The monoisotopic (exact) mass is 394 g/mol. The molecule has 0 aliphatic heterocycles. The molecular weight excluding hydrogens is 371 g/mol. The van der Waals surface area contributed by atoms with E-state index in [-0.39, 0.29) is 29.8 Å². The van der Waals surface area contributed by atoms with Gasteiger partial charge in [-0.2, -0.15) is 0 Å². The summed E-state index contributed by atoms with van der Waals surface area (Å²) in [4.78, 5) is 12.5. The number of hydrogen-bond donors (Lipinski definition) is 2. The Balaban J connectivity index is 0.00000288. The van der Waals surface area contributed by atoms with Crippen molar-refractivity contribution in [3.8, 4) is 0 Å². The summed E-state index contributed by atoms with van der Waals surface area (Å²) < 4.78 is 5.65. The van der Waals surface area contributed by atoms with Crippen LogP contribution in [0.3, 0.4) is 0 Å². The molecule has 136 valence electrons. The Hall–Kier alpha value is -0.520. The van der Waals surface area contributed by atoms with E-state index in [0.29, 0.717) is 36.0 Å². The first kappa shape index (κ1) is 21.5. The topological polar surface area (TPSA) is 64.3 Å². The normalized spacial score (nSPS) is 24.7. The molecule has 7 heteroatoms. The quantitative estimate of drug-likeness (QED) is 0.773. The average Bonchev–Trinajstić information content (AvgIpc) is 2.50. The molecule has 4 nitrogen and oxygen atoms in total. The molecule has 1 aliphatic carbocycles. The fourth-order valence-corrected chi connectivity index (χ4v) is 3.45. The molecule has 1 amide bonds. The number of amides is 1. The summed E-state index contributed by atoms with van der Waals surface area (Å²) >= 11 is 12.1. The maximum absolute atomic E-state index is 12.5. The summed E-state index contributed by atoms with van der Waals surface area (Å²) in [6.45, 7) is 6.99. The molecule has 3 N–H and O–H groups in total. The molecule has 0 radical (unpaired) electrons. The molecule has 0 aromatic heterocycles. The Morgan fingerprint density at radius 3 is 2.67 bits per heavy atom. The van der Waals surface area contributed by atoms with Gasteiger partial charge in [-0.25, -0.2) is 0 Å². The first-order chi connectivity index (χ1) is 10.7. The summed E-state index contributed by atoms with van der Waals surface area (Å²) in [6.07, 6.45) is 1.17. The lowest BCUT2D eigenvalue weighted by Crippen LogP contribution is -2.75. The highest BCUT2D eigenvalue weighted by Gasteiger charge is 2.62. The fourth-order valence-electron chi connectivity index (χ4n) is 3.03.